The molecule has 0 aliphatic carbocycles. The second-order valence-corrected chi connectivity index (χ2v) is 6.45. The van der Waals surface area contributed by atoms with Gasteiger partial charge in [-0.3, -0.25) is 4.79 Å². The van der Waals surface area contributed by atoms with Crippen LogP contribution in [0.1, 0.15) is 25.8 Å². The molecular weight excluding hydrogens is 330 g/mol. The van der Waals surface area contributed by atoms with Crippen molar-refractivity contribution < 1.29 is 19.4 Å². The predicted molar refractivity (Wildman–Crippen MR) is 102 cm³/mol. The van der Waals surface area contributed by atoms with Crippen LogP contribution in [0.25, 0.3) is 0 Å². The van der Waals surface area contributed by atoms with Crippen LogP contribution in [0.4, 0.5) is 0 Å². The molecule has 1 amide bonds. The molecule has 0 saturated carbocycles. The van der Waals surface area contributed by atoms with E-state index < -0.39 is 5.60 Å². The lowest BCUT2D eigenvalue weighted by atomic mass is 9.97. The van der Waals surface area contributed by atoms with Gasteiger partial charge in [-0.25, -0.2) is 0 Å². The zero-order valence-electron chi connectivity index (χ0n) is 15.4. The Kier molecular flexibility index (Phi) is 7.48. The summed E-state index contributed by atoms with van der Waals surface area (Å²) in [7, 11) is 0. The van der Waals surface area contributed by atoms with Crippen LogP contribution in [0, 0.1) is 0 Å². The van der Waals surface area contributed by atoms with Crippen molar-refractivity contribution >= 4 is 5.91 Å². The fraction of sp³-hybridized carbons (Fsp3) is 0.381. The maximum atomic E-state index is 11.9. The van der Waals surface area contributed by atoms with Gasteiger partial charge in [-0.15, -0.1) is 0 Å². The first-order valence-electron chi connectivity index (χ1n) is 8.87. The van der Waals surface area contributed by atoms with Crippen LogP contribution in [0.3, 0.4) is 0 Å². The Hall–Kier alpha value is -2.53. The number of aliphatic hydroxyl groups is 1. The van der Waals surface area contributed by atoms with Crippen molar-refractivity contribution in [3.05, 3.63) is 60.2 Å². The summed E-state index contributed by atoms with van der Waals surface area (Å²) in [4.78, 5) is 11.9. The lowest BCUT2D eigenvalue weighted by molar-refractivity contribution is -0.124. The minimum atomic E-state index is -0.968. The molecule has 0 fully saturated rings. The summed E-state index contributed by atoms with van der Waals surface area (Å²) in [5.74, 6) is 1.09. The predicted octanol–water partition coefficient (Wildman–Crippen LogP) is 2.96. The van der Waals surface area contributed by atoms with Crippen molar-refractivity contribution in [2.45, 2.75) is 32.3 Å². The van der Waals surface area contributed by atoms with Crippen LogP contribution < -0.4 is 14.8 Å². The highest BCUT2D eigenvalue weighted by atomic mass is 16.5. The number of hydrogen-bond donors (Lipinski definition) is 2. The van der Waals surface area contributed by atoms with Gasteiger partial charge in [0.1, 0.15) is 11.5 Å². The number of carbonyl (C=O) groups is 1. The van der Waals surface area contributed by atoms with Crippen molar-refractivity contribution in [3.63, 3.8) is 0 Å². The van der Waals surface area contributed by atoms with Crippen LogP contribution >= 0.6 is 0 Å². The molecule has 2 aromatic rings. The molecule has 0 saturated heterocycles. The quantitative estimate of drug-likeness (QED) is 0.686. The van der Waals surface area contributed by atoms with Crippen molar-refractivity contribution in [1.82, 2.24) is 5.32 Å². The van der Waals surface area contributed by atoms with E-state index in [2.05, 4.69) is 5.32 Å². The van der Waals surface area contributed by atoms with E-state index in [1.54, 1.807) is 31.2 Å². The maximum Gasteiger partial charge on any atom is 0.258 e. The Balaban J connectivity index is 1.69. The standard InChI is InChI=1S/C21H27NO4/c1-3-25-18-9-11-19(12-10-18)26-15-20(23)22-16-21(2,24)14-13-17-7-5-4-6-8-17/h4-12,24H,3,13-16H2,1-2H3,(H,22,23). The van der Waals surface area contributed by atoms with Gasteiger partial charge in [0.15, 0.2) is 6.61 Å². The van der Waals surface area contributed by atoms with E-state index in [4.69, 9.17) is 9.47 Å². The van der Waals surface area contributed by atoms with Gasteiger partial charge < -0.3 is 19.9 Å². The lowest BCUT2D eigenvalue weighted by Crippen LogP contribution is -2.42. The van der Waals surface area contributed by atoms with Crippen molar-refractivity contribution in [3.8, 4) is 11.5 Å². The zero-order chi connectivity index (χ0) is 18.8. The second kappa shape index (κ2) is 9.82. The molecule has 2 rings (SSSR count). The van der Waals surface area contributed by atoms with Crippen LogP contribution in [0.15, 0.2) is 54.6 Å². The summed E-state index contributed by atoms with van der Waals surface area (Å²) in [6, 6.07) is 17.1. The van der Waals surface area contributed by atoms with Gasteiger partial charge in [0.25, 0.3) is 5.91 Å². The van der Waals surface area contributed by atoms with E-state index in [1.807, 2.05) is 37.3 Å². The highest BCUT2D eigenvalue weighted by Gasteiger charge is 2.21. The number of aryl methyl sites for hydroxylation is 1. The molecular formula is C21H27NO4. The number of nitrogens with one attached hydrogen (secondary N) is 1. The maximum absolute atomic E-state index is 11.9. The molecule has 2 aromatic carbocycles. The van der Waals surface area contributed by atoms with E-state index >= 15 is 0 Å². The SMILES string of the molecule is CCOc1ccc(OCC(=O)NCC(C)(O)CCc2ccccc2)cc1. The molecule has 2 N–H and O–H groups in total. The molecule has 0 spiro atoms. The average molecular weight is 357 g/mol. The molecule has 140 valence electrons. The fourth-order valence-corrected chi connectivity index (χ4v) is 2.43. The molecule has 26 heavy (non-hydrogen) atoms. The van der Waals surface area contributed by atoms with Crippen molar-refractivity contribution in [2.24, 2.45) is 0 Å². The van der Waals surface area contributed by atoms with E-state index in [9.17, 15) is 9.90 Å². The minimum Gasteiger partial charge on any atom is -0.494 e. The Bertz CT molecular complexity index is 668. The molecule has 0 aliphatic rings. The Morgan fingerprint density at radius 3 is 2.27 bits per heavy atom. The Morgan fingerprint density at radius 2 is 1.65 bits per heavy atom. The number of carbonyl (C=O) groups excluding carboxylic acids is 1. The van der Waals surface area contributed by atoms with Gasteiger partial charge in [-0.1, -0.05) is 30.3 Å². The van der Waals surface area contributed by atoms with Crippen LogP contribution in [0.2, 0.25) is 0 Å². The molecule has 0 aromatic heterocycles. The first kappa shape index (κ1) is 19.8. The van der Waals surface area contributed by atoms with Crippen molar-refractivity contribution in [1.29, 1.82) is 0 Å². The van der Waals surface area contributed by atoms with Gasteiger partial charge in [-0.05, 0) is 56.5 Å². The highest BCUT2D eigenvalue weighted by molar-refractivity contribution is 5.77. The fourth-order valence-electron chi connectivity index (χ4n) is 2.43. The summed E-state index contributed by atoms with van der Waals surface area (Å²) < 4.78 is 10.8. The number of hydrogen-bond acceptors (Lipinski definition) is 4. The summed E-state index contributed by atoms with van der Waals surface area (Å²) in [6.45, 7) is 4.34. The summed E-state index contributed by atoms with van der Waals surface area (Å²) in [5, 5.41) is 13.1. The number of amides is 1. The van der Waals surface area contributed by atoms with E-state index in [-0.39, 0.29) is 19.1 Å². The van der Waals surface area contributed by atoms with Gasteiger partial charge in [0, 0.05) is 6.54 Å². The molecule has 0 heterocycles. The lowest BCUT2D eigenvalue weighted by Gasteiger charge is -2.23. The summed E-state index contributed by atoms with van der Waals surface area (Å²) >= 11 is 0. The third kappa shape index (κ3) is 7.15. The number of ether oxygens (including phenoxy) is 2. The smallest absolute Gasteiger partial charge is 0.258 e. The molecule has 0 bridgehead atoms. The van der Waals surface area contributed by atoms with Crippen molar-refractivity contribution in [2.75, 3.05) is 19.8 Å². The number of benzene rings is 2. The van der Waals surface area contributed by atoms with E-state index in [0.717, 1.165) is 17.7 Å². The monoisotopic (exact) mass is 357 g/mol. The first-order valence-corrected chi connectivity index (χ1v) is 8.87. The van der Waals surface area contributed by atoms with Crippen LogP contribution in [0.5, 0.6) is 11.5 Å². The van der Waals surface area contributed by atoms with Crippen LogP contribution in [-0.4, -0.2) is 36.4 Å². The zero-order valence-corrected chi connectivity index (χ0v) is 15.4. The van der Waals surface area contributed by atoms with E-state index in [1.165, 1.54) is 0 Å². The summed E-state index contributed by atoms with van der Waals surface area (Å²) in [6.07, 6.45) is 1.32. The molecule has 1 unspecified atom stereocenters. The Morgan fingerprint density at radius 1 is 1.04 bits per heavy atom. The largest absolute Gasteiger partial charge is 0.494 e. The molecule has 5 heteroatoms. The summed E-state index contributed by atoms with van der Waals surface area (Å²) in [5.41, 5.74) is 0.197. The van der Waals surface area contributed by atoms with E-state index in [0.29, 0.717) is 18.8 Å². The molecule has 1 atom stereocenters. The normalized spacial score (nSPS) is 12.9. The second-order valence-electron chi connectivity index (χ2n) is 6.45. The number of rotatable bonds is 10. The highest BCUT2D eigenvalue weighted by Crippen LogP contribution is 2.17. The van der Waals surface area contributed by atoms with Gasteiger partial charge in [0.2, 0.25) is 0 Å². The van der Waals surface area contributed by atoms with Gasteiger partial charge in [0.05, 0.1) is 12.2 Å². The van der Waals surface area contributed by atoms with Gasteiger partial charge in [-0.2, -0.15) is 0 Å². The Labute approximate surface area is 155 Å². The molecule has 5 nitrogen and oxygen atoms in total. The third-order valence-corrected chi connectivity index (χ3v) is 3.97. The van der Waals surface area contributed by atoms with Crippen LogP contribution in [-0.2, 0) is 11.2 Å². The third-order valence-electron chi connectivity index (χ3n) is 3.97. The molecule has 0 aliphatic heterocycles. The first-order chi connectivity index (χ1) is 12.5. The molecule has 0 radical (unpaired) electrons. The minimum absolute atomic E-state index is 0.0945. The average Bonchev–Trinajstić information content (AvgIpc) is 2.65. The van der Waals surface area contributed by atoms with Gasteiger partial charge >= 0.3 is 0 Å². The topological polar surface area (TPSA) is 67.8 Å².